The highest BCUT2D eigenvalue weighted by atomic mass is 16.5. The van der Waals surface area contributed by atoms with E-state index in [0.29, 0.717) is 42.0 Å². The van der Waals surface area contributed by atoms with Gasteiger partial charge in [-0.1, -0.05) is 36.4 Å². The average molecular weight is 499 g/mol. The van der Waals surface area contributed by atoms with Crippen molar-refractivity contribution in [2.24, 2.45) is 0 Å². The predicted octanol–water partition coefficient (Wildman–Crippen LogP) is 3.37. The number of amides is 5. The third-order valence-electron chi connectivity index (χ3n) is 6.77. The molecule has 1 saturated heterocycles. The van der Waals surface area contributed by atoms with Crippen molar-refractivity contribution in [1.29, 1.82) is 0 Å². The first kappa shape index (κ1) is 24.1. The van der Waals surface area contributed by atoms with Gasteiger partial charge in [0.05, 0.1) is 12.8 Å². The van der Waals surface area contributed by atoms with Crippen molar-refractivity contribution in [2.45, 2.75) is 24.8 Å². The molecular weight excluding hydrogens is 472 g/mol. The highest BCUT2D eigenvalue weighted by Crippen LogP contribution is 2.33. The summed E-state index contributed by atoms with van der Waals surface area (Å²) in [7, 11) is 1.52. The first-order chi connectivity index (χ1) is 17.9. The lowest BCUT2D eigenvalue weighted by Crippen LogP contribution is -2.51. The number of nitrogens with one attached hydrogen (secondary N) is 3. The van der Waals surface area contributed by atoms with E-state index in [4.69, 9.17) is 4.74 Å². The van der Waals surface area contributed by atoms with Crippen molar-refractivity contribution < 1.29 is 23.9 Å². The smallest absolute Gasteiger partial charge is 0.325 e. The van der Waals surface area contributed by atoms with Crippen LogP contribution >= 0.6 is 0 Å². The number of anilines is 2. The summed E-state index contributed by atoms with van der Waals surface area (Å²) in [4.78, 5) is 52.1. The standard InChI is InChI=1S/C28H26N4O5/c1-37-23-9-5-4-8-22(23)30-25(34)19-10-12-21(13-11-19)29-24(33)17-32-26(35)28(31-27(32)36)15-14-18-6-2-3-7-20(18)16-28/h2-13H,14-17H2,1H3,(H,29,33)(H,30,34)(H,31,36). The Morgan fingerprint density at radius 1 is 0.946 bits per heavy atom. The lowest BCUT2D eigenvalue weighted by molar-refractivity contribution is -0.134. The molecule has 5 amide bonds. The van der Waals surface area contributed by atoms with E-state index < -0.39 is 24.0 Å². The molecule has 0 saturated carbocycles. The lowest BCUT2D eigenvalue weighted by Gasteiger charge is -2.32. The largest absolute Gasteiger partial charge is 0.495 e. The van der Waals surface area contributed by atoms with Gasteiger partial charge in [0.2, 0.25) is 5.91 Å². The molecule has 1 unspecified atom stereocenters. The Labute approximate surface area is 213 Å². The molecule has 1 aliphatic carbocycles. The summed E-state index contributed by atoms with van der Waals surface area (Å²) in [6, 6.07) is 20.7. The van der Waals surface area contributed by atoms with Crippen LogP contribution in [-0.2, 0) is 22.4 Å². The summed E-state index contributed by atoms with van der Waals surface area (Å²) in [6.07, 6.45) is 1.58. The molecule has 2 aliphatic rings. The van der Waals surface area contributed by atoms with E-state index in [2.05, 4.69) is 16.0 Å². The highest BCUT2D eigenvalue weighted by molar-refractivity contribution is 6.10. The van der Waals surface area contributed by atoms with E-state index in [-0.39, 0.29) is 11.8 Å². The molecule has 9 heteroatoms. The van der Waals surface area contributed by atoms with Gasteiger partial charge < -0.3 is 20.7 Å². The summed E-state index contributed by atoms with van der Waals surface area (Å²) < 4.78 is 5.25. The summed E-state index contributed by atoms with van der Waals surface area (Å²) >= 11 is 0. The molecule has 3 aromatic carbocycles. The van der Waals surface area contributed by atoms with Crippen molar-refractivity contribution in [3.8, 4) is 5.75 Å². The summed E-state index contributed by atoms with van der Waals surface area (Å²) in [5.74, 6) is -0.686. The number of aryl methyl sites for hydroxylation is 1. The van der Waals surface area contributed by atoms with Crippen molar-refractivity contribution in [3.63, 3.8) is 0 Å². The molecular formula is C28H26N4O5. The monoisotopic (exact) mass is 498 g/mol. The van der Waals surface area contributed by atoms with Gasteiger partial charge in [-0.25, -0.2) is 4.79 Å². The first-order valence-electron chi connectivity index (χ1n) is 11.9. The highest BCUT2D eigenvalue weighted by Gasteiger charge is 2.52. The van der Waals surface area contributed by atoms with Crippen molar-refractivity contribution in [2.75, 3.05) is 24.3 Å². The maximum Gasteiger partial charge on any atom is 0.325 e. The number of urea groups is 1. The number of methoxy groups -OCH3 is 1. The predicted molar refractivity (Wildman–Crippen MR) is 137 cm³/mol. The van der Waals surface area contributed by atoms with Crippen LogP contribution in [0.5, 0.6) is 5.75 Å². The molecule has 0 radical (unpaired) electrons. The summed E-state index contributed by atoms with van der Waals surface area (Å²) in [6.45, 7) is -0.399. The van der Waals surface area contributed by atoms with Gasteiger partial charge in [0.25, 0.3) is 11.8 Å². The van der Waals surface area contributed by atoms with Gasteiger partial charge in [-0.15, -0.1) is 0 Å². The number of ether oxygens (including phenoxy) is 1. The molecule has 9 nitrogen and oxygen atoms in total. The Bertz CT molecular complexity index is 1390. The molecule has 1 spiro atoms. The Hall–Kier alpha value is -4.66. The fraction of sp³-hybridized carbons (Fsp3) is 0.214. The van der Waals surface area contributed by atoms with Crippen molar-refractivity contribution >= 4 is 35.1 Å². The molecule has 37 heavy (non-hydrogen) atoms. The molecule has 3 N–H and O–H groups in total. The molecule has 1 atom stereocenters. The maximum atomic E-state index is 13.2. The Morgan fingerprint density at radius 2 is 1.65 bits per heavy atom. The number of fused-ring (bicyclic) bond motifs is 1. The normalized spacial score (nSPS) is 18.2. The van der Waals surface area contributed by atoms with Crippen molar-refractivity contribution in [3.05, 3.63) is 89.5 Å². The molecule has 3 aromatic rings. The zero-order valence-electron chi connectivity index (χ0n) is 20.2. The van der Waals surface area contributed by atoms with Crippen LogP contribution in [0.25, 0.3) is 0 Å². The Balaban J connectivity index is 1.20. The maximum absolute atomic E-state index is 13.2. The second-order valence-electron chi connectivity index (χ2n) is 9.13. The lowest BCUT2D eigenvalue weighted by atomic mass is 9.78. The van der Waals surface area contributed by atoms with Crippen LogP contribution < -0.4 is 20.7 Å². The van der Waals surface area contributed by atoms with E-state index in [0.717, 1.165) is 10.5 Å². The van der Waals surface area contributed by atoms with Crippen LogP contribution in [0.4, 0.5) is 16.2 Å². The van der Waals surface area contributed by atoms with Crippen LogP contribution in [0.2, 0.25) is 0 Å². The van der Waals surface area contributed by atoms with E-state index >= 15 is 0 Å². The van der Waals surface area contributed by atoms with Gasteiger partial charge in [0.1, 0.15) is 17.8 Å². The number of carbonyl (C=O) groups is 4. The Morgan fingerprint density at radius 3 is 2.41 bits per heavy atom. The number of hydrogen-bond acceptors (Lipinski definition) is 5. The topological polar surface area (TPSA) is 117 Å². The van der Waals surface area contributed by atoms with Crippen LogP contribution in [0.3, 0.4) is 0 Å². The summed E-state index contributed by atoms with van der Waals surface area (Å²) in [5.41, 5.74) is 2.56. The van der Waals surface area contributed by atoms with Gasteiger partial charge in [-0.05, 0) is 60.4 Å². The minimum Gasteiger partial charge on any atom is -0.495 e. The van der Waals surface area contributed by atoms with Gasteiger partial charge >= 0.3 is 6.03 Å². The third kappa shape index (κ3) is 4.75. The van der Waals surface area contributed by atoms with Gasteiger partial charge in [0.15, 0.2) is 0 Å². The van der Waals surface area contributed by atoms with Gasteiger partial charge in [-0.2, -0.15) is 0 Å². The first-order valence-corrected chi connectivity index (χ1v) is 11.9. The van der Waals surface area contributed by atoms with E-state index in [9.17, 15) is 19.2 Å². The quantitative estimate of drug-likeness (QED) is 0.451. The molecule has 188 valence electrons. The minimum atomic E-state index is -1.01. The SMILES string of the molecule is COc1ccccc1NC(=O)c1ccc(NC(=O)CN2C(=O)NC3(CCc4ccccc4C3)C2=O)cc1. The van der Waals surface area contributed by atoms with E-state index in [1.165, 1.54) is 12.7 Å². The second-order valence-corrected chi connectivity index (χ2v) is 9.13. The fourth-order valence-corrected chi connectivity index (χ4v) is 4.84. The second kappa shape index (κ2) is 9.77. The molecule has 1 heterocycles. The van der Waals surface area contributed by atoms with Crippen LogP contribution in [-0.4, -0.2) is 47.8 Å². The Kier molecular flexibility index (Phi) is 6.35. The van der Waals surface area contributed by atoms with E-state index in [1.807, 2.05) is 24.3 Å². The number of carbonyl (C=O) groups excluding carboxylic acids is 4. The number of nitrogens with zero attached hydrogens (tertiary/aromatic N) is 1. The van der Waals surface area contributed by atoms with Gasteiger partial charge in [-0.3, -0.25) is 19.3 Å². The molecule has 5 rings (SSSR count). The van der Waals surface area contributed by atoms with Crippen LogP contribution in [0.1, 0.15) is 27.9 Å². The average Bonchev–Trinajstić information content (AvgIpc) is 3.12. The van der Waals surface area contributed by atoms with Crippen LogP contribution in [0.15, 0.2) is 72.8 Å². The number of para-hydroxylation sites is 2. The van der Waals surface area contributed by atoms with Gasteiger partial charge in [0, 0.05) is 17.7 Å². The molecule has 0 bridgehead atoms. The zero-order valence-corrected chi connectivity index (χ0v) is 20.2. The number of rotatable bonds is 6. The zero-order chi connectivity index (χ0) is 26.0. The number of benzene rings is 3. The van der Waals surface area contributed by atoms with E-state index in [1.54, 1.807) is 48.5 Å². The minimum absolute atomic E-state index is 0.332. The molecule has 0 aromatic heterocycles. The van der Waals surface area contributed by atoms with Crippen LogP contribution in [0, 0.1) is 0 Å². The van der Waals surface area contributed by atoms with Crippen molar-refractivity contribution in [1.82, 2.24) is 10.2 Å². The molecule has 1 fully saturated rings. The number of imide groups is 1. The summed E-state index contributed by atoms with van der Waals surface area (Å²) in [5, 5.41) is 8.31. The number of hydrogen-bond donors (Lipinski definition) is 3. The molecule has 1 aliphatic heterocycles. The fourth-order valence-electron chi connectivity index (χ4n) is 4.84. The third-order valence-corrected chi connectivity index (χ3v) is 6.77.